The molecule has 0 aliphatic carbocycles. The van der Waals surface area contributed by atoms with Gasteiger partial charge in [0.1, 0.15) is 6.61 Å². The molecule has 0 aliphatic heterocycles. The Bertz CT molecular complexity index is 328. The van der Waals surface area contributed by atoms with Gasteiger partial charge in [-0.15, -0.1) is 0 Å². The fourth-order valence-corrected chi connectivity index (χ4v) is 1.49. The lowest BCUT2D eigenvalue weighted by Crippen LogP contribution is -2.10. The average Bonchev–Trinajstić information content (AvgIpc) is 2.37. The number of rotatable bonds is 8. The lowest BCUT2D eigenvalue weighted by atomic mass is 10.1. The Kier molecular flexibility index (Phi) is 6.43. The number of nitrogens with one attached hydrogen (secondary N) is 1. The average molecular weight is 239 g/mol. The van der Waals surface area contributed by atoms with Crippen molar-refractivity contribution in [1.29, 1.82) is 0 Å². The Morgan fingerprint density at radius 3 is 2.59 bits per heavy atom. The Morgan fingerprint density at radius 2 is 1.94 bits per heavy atom. The summed E-state index contributed by atoms with van der Waals surface area (Å²) in [5, 5.41) is 3.12. The highest BCUT2D eigenvalue weighted by molar-refractivity contribution is 5.43. The van der Waals surface area contributed by atoms with Crippen molar-refractivity contribution in [3.8, 4) is 11.5 Å². The molecule has 0 aliphatic rings. The molecule has 17 heavy (non-hydrogen) atoms. The molecule has 0 unspecified atom stereocenters. The second kappa shape index (κ2) is 7.92. The summed E-state index contributed by atoms with van der Waals surface area (Å²) in [6.45, 7) is 2.06. The predicted octanol–water partition coefficient (Wildman–Crippen LogP) is 1.48. The van der Waals surface area contributed by atoms with Crippen LogP contribution in [-0.2, 0) is 11.2 Å². The summed E-state index contributed by atoms with van der Waals surface area (Å²) in [5.74, 6) is 1.53. The summed E-state index contributed by atoms with van der Waals surface area (Å²) in [6.07, 6.45) is 0.977. The molecule has 0 atom stereocenters. The van der Waals surface area contributed by atoms with E-state index < -0.39 is 0 Å². The van der Waals surface area contributed by atoms with Gasteiger partial charge in [0.15, 0.2) is 11.5 Å². The van der Waals surface area contributed by atoms with E-state index in [0.717, 1.165) is 24.5 Å². The van der Waals surface area contributed by atoms with Crippen LogP contribution in [0.15, 0.2) is 18.2 Å². The molecule has 4 nitrogen and oxygen atoms in total. The van der Waals surface area contributed by atoms with Crippen molar-refractivity contribution in [3.05, 3.63) is 23.8 Å². The van der Waals surface area contributed by atoms with Crippen LogP contribution in [0.3, 0.4) is 0 Å². The maximum Gasteiger partial charge on any atom is 0.161 e. The van der Waals surface area contributed by atoms with Gasteiger partial charge in [0.05, 0.1) is 13.7 Å². The minimum atomic E-state index is 0.530. The zero-order valence-corrected chi connectivity index (χ0v) is 10.8. The number of ether oxygens (including phenoxy) is 3. The molecule has 96 valence electrons. The second-order valence-electron chi connectivity index (χ2n) is 3.68. The summed E-state index contributed by atoms with van der Waals surface area (Å²) in [7, 11) is 5.25. The minimum Gasteiger partial charge on any atom is -0.493 e. The molecule has 0 saturated heterocycles. The summed E-state index contributed by atoms with van der Waals surface area (Å²) in [6, 6.07) is 6.01. The van der Waals surface area contributed by atoms with E-state index in [1.807, 2.05) is 19.2 Å². The zero-order chi connectivity index (χ0) is 12.5. The van der Waals surface area contributed by atoms with Gasteiger partial charge >= 0.3 is 0 Å². The van der Waals surface area contributed by atoms with E-state index in [-0.39, 0.29) is 0 Å². The molecule has 0 fully saturated rings. The van der Waals surface area contributed by atoms with E-state index in [0.29, 0.717) is 13.2 Å². The zero-order valence-electron chi connectivity index (χ0n) is 10.8. The molecule has 0 spiro atoms. The smallest absolute Gasteiger partial charge is 0.161 e. The summed E-state index contributed by atoms with van der Waals surface area (Å²) >= 11 is 0. The molecular formula is C13H21NO3. The third kappa shape index (κ3) is 4.63. The van der Waals surface area contributed by atoms with Crippen LogP contribution in [0.5, 0.6) is 11.5 Å². The van der Waals surface area contributed by atoms with Crippen LogP contribution in [0.1, 0.15) is 5.56 Å². The van der Waals surface area contributed by atoms with Gasteiger partial charge in [0.2, 0.25) is 0 Å². The van der Waals surface area contributed by atoms with Gasteiger partial charge in [0, 0.05) is 7.11 Å². The Hall–Kier alpha value is -1.26. The van der Waals surface area contributed by atoms with Crippen molar-refractivity contribution in [2.24, 2.45) is 0 Å². The van der Waals surface area contributed by atoms with Crippen LogP contribution >= 0.6 is 0 Å². The van der Waals surface area contributed by atoms with Gasteiger partial charge < -0.3 is 19.5 Å². The highest BCUT2D eigenvalue weighted by Gasteiger charge is 2.05. The maximum absolute atomic E-state index is 5.56. The first-order chi connectivity index (χ1) is 8.31. The van der Waals surface area contributed by atoms with Crippen molar-refractivity contribution in [1.82, 2.24) is 5.32 Å². The van der Waals surface area contributed by atoms with Crippen LogP contribution < -0.4 is 14.8 Å². The topological polar surface area (TPSA) is 39.7 Å². The lowest BCUT2D eigenvalue weighted by molar-refractivity contribution is 0.144. The third-order valence-electron chi connectivity index (χ3n) is 2.44. The SMILES string of the molecule is CNCCc1ccc(OCCOC)c(OC)c1. The van der Waals surface area contributed by atoms with Crippen LogP contribution in [0.2, 0.25) is 0 Å². The Labute approximate surface area is 103 Å². The van der Waals surface area contributed by atoms with E-state index in [1.165, 1.54) is 5.56 Å². The number of hydrogen-bond donors (Lipinski definition) is 1. The van der Waals surface area contributed by atoms with Crippen LogP contribution in [-0.4, -0.2) is 41.0 Å². The van der Waals surface area contributed by atoms with Crippen LogP contribution in [0.25, 0.3) is 0 Å². The van der Waals surface area contributed by atoms with E-state index in [4.69, 9.17) is 14.2 Å². The fraction of sp³-hybridized carbons (Fsp3) is 0.538. The van der Waals surface area contributed by atoms with Gasteiger partial charge in [-0.1, -0.05) is 6.07 Å². The number of likely N-dealkylation sites (N-methyl/N-ethyl adjacent to an activating group) is 1. The predicted molar refractivity (Wildman–Crippen MR) is 68.0 cm³/mol. The first-order valence-electron chi connectivity index (χ1n) is 5.75. The molecular weight excluding hydrogens is 218 g/mol. The summed E-state index contributed by atoms with van der Waals surface area (Å²) < 4.78 is 15.8. The Morgan fingerprint density at radius 1 is 1.12 bits per heavy atom. The van der Waals surface area contributed by atoms with Gasteiger partial charge in [-0.25, -0.2) is 0 Å². The van der Waals surface area contributed by atoms with Crippen molar-refractivity contribution in [3.63, 3.8) is 0 Å². The maximum atomic E-state index is 5.56. The third-order valence-corrected chi connectivity index (χ3v) is 2.44. The lowest BCUT2D eigenvalue weighted by Gasteiger charge is -2.11. The summed E-state index contributed by atoms with van der Waals surface area (Å²) in [4.78, 5) is 0. The van der Waals surface area contributed by atoms with Gasteiger partial charge in [-0.2, -0.15) is 0 Å². The quantitative estimate of drug-likeness (QED) is 0.698. The van der Waals surface area contributed by atoms with E-state index in [9.17, 15) is 0 Å². The largest absolute Gasteiger partial charge is 0.493 e. The number of benzene rings is 1. The fourth-order valence-electron chi connectivity index (χ4n) is 1.49. The second-order valence-corrected chi connectivity index (χ2v) is 3.68. The Balaban J connectivity index is 2.64. The molecule has 1 rings (SSSR count). The standard InChI is InChI=1S/C13H21NO3/c1-14-7-6-11-4-5-12(13(10-11)16-3)17-9-8-15-2/h4-5,10,14H,6-9H2,1-3H3. The van der Waals surface area contributed by atoms with Crippen molar-refractivity contribution >= 4 is 0 Å². The molecule has 0 saturated carbocycles. The normalized spacial score (nSPS) is 10.3. The molecule has 0 radical (unpaired) electrons. The highest BCUT2D eigenvalue weighted by atomic mass is 16.5. The molecule has 1 N–H and O–H groups in total. The molecule has 0 amide bonds. The monoisotopic (exact) mass is 239 g/mol. The van der Waals surface area contributed by atoms with Crippen LogP contribution in [0, 0.1) is 0 Å². The molecule has 1 aromatic rings. The first-order valence-corrected chi connectivity index (χ1v) is 5.75. The van der Waals surface area contributed by atoms with E-state index >= 15 is 0 Å². The summed E-state index contributed by atoms with van der Waals surface area (Å²) in [5.41, 5.74) is 1.23. The van der Waals surface area contributed by atoms with Crippen molar-refractivity contribution < 1.29 is 14.2 Å². The van der Waals surface area contributed by atoms with Crippen molar-refractivity contribution in [2.75, 3.05) is 41.0 Å². The van der Waals surface area contributed by atoms with Gasteiger partial charge in [-0.3, -0.25) is 0 Å². The minimum absolute atomic E-state index is 0.530. The van der Waals surface area contributed by atoms with Crippen LogP contribution in [0.4, 0.5) is 0 Å². The number of methoxy groups -OCH3 is 2. The molecule has 0 heterocycles. The molecule has 0 bridgehead atoms. The van der Waals surface area contributed by atoms with E-state index in [1.54, 1.807) is 14.2 Å². The molecule has 0 aromatic heterocycles. The highest BCUT2D eigenvalue weighted by Crippen LogP contribution is 2.28. The molecule has 1 aromatic carbocycles. The van der Waals surface area contributed by atoms with Crippen molar-refractivity contribution in [2.45, 2.75) is 6.42 Å². The van der Waals surface area contributed by atoms with Gasteiger partial charge in [-0.05, 0) is 37.7 Å². The number of hydrogen-bond acceptors (Lipinski definition) is 4. The van der Waals surface area contributed by atoms with Gasteiger partial charge in [0.25, 0.3) is 0 Å². The first kappa shape index (κ1) is 13.8. The van der Waals surface area contributed by atoms with E-state index in [2.05, 4.69) is 11.4 Å². The molecule has 4 heteroatoms.